The Balaban J connectivity index is 2.05. The van der Waals surface area contributed by atoms with Crippen LogP contribution in [0.15, 0.2) is 29.2 Å². The highest BCUT2D eigenvalue weighted by molar-refractivity contribution is 7.86. The highest BCUT2D eigenvalue weighted by atomic mass is 32.2. The van der Waals surface area contributed by atoms with Crippen LogP contribution in [0.3, 0.4) is 0 Å². The minimum atomic E-state index is -3.75. The molecule has 0 unspecified atom stereocenters. The second-order valence-corrected chi connectivity index (χ2v) is 6.80. The molecule has 0 N–H and O–H groups in total. The lowest BCUT2D eigenvalue weighted by molar-refractivity contribution is -0.148. The Kier molecular flexibility index (Phi) is 10.3. The molecule has 0 bridgehead atoms. The van der Waals surface area contributed by atoms with E-state index in [4.69, 9.17) is 18.4 Å². The van der Waals surface area contributed by atoms with Gasteiger partial charge in [-0.1, -0.05) is 18.2 Å². The average Bonchev–Trinajstić information content (AvgIpc) is 2.57. The summed E-state index contributed by atoms with van der Waals surface area (Å²) in [7, 11) is -3.75. The maximum Gasteiger partial charge on any atom is 0.332 e. The fraction of sp³-hybridized carbons (Fsp3) is 0.588. The zero-order valence-electron chi connectivity index (χ0n) is 14.7. The molecule has 7 nitrogen and oxygen atoms in total. The number of benzene rings is 1. The van der Waals surface area contributed by atoms with Gasteiger partial charge in [0.05, 0.1) is 24.7 Å². The van der Waals surface area contributed by atoms with E-state index in [1.807, 2.05) is 0 Å². The van der Waals surface area contributed by atoms with Gasteiger partial charge in [0.15, 0.2) is 0 Å². The predicted molar refractivity (Wildman–Crippen MR) is 91.8 cm³/mol. The van der Waals surface area contributed by atoms with E-state index in [9.17, 15) is 13.2 Å². The van der Waals surface area contributed by atoms with Gasteiger partial charge in [-0.15, -0.1) is 0 Å². The molecule has 0 radical (unpaired) electrons. The first kappa shape index (κ1) is 21.6. The van der Waals surface area contributed by atoms with Gasteiger partial charge >= 0.3 is 5.97 Å². The third-order valence-corrected chi connectivity index (χ3v) is 4.66. The van der Waals surface area contributed by atoms with Gasteiger partial charge in [-0.2, -0.15) is 8.42 Å². The van der Waals surface area contributed by atoms with E-state index in [1.165, 1.54) is 6.07 Å². The van der Waals surface area contributed by atoms with Gasteiger partial charge in [-0.3, -0.25) is 4.18 Å². The average molecular weight is 374 g/mol. The maximum atomic E-state index is 12.0. The normalized spacial score (nSPS) is 11.4. The molecule has 0 atom stereocenters. The lowest BCUT2D eigenvalue weighted by Crippen LogP contribution is -2.14. The van der Waals surface area contributed by atoms with Crippen LogP contribution in [0.2, 0.25) is 0 Å². The Morgan fingerprint density at radius 2 is 1.68 bits per heavy atom. The molecule has 0 aromatic heterocycles. The van der Waals surface area contributed by atoms with Crippen molar-refractivity contribution in [1.82, 2.24) is 0 Å². The van der Waals surface area contributed by atoms with E-state index < -0.39 is 10.1 Å². The van der Waals surface area contributed by atoms with Crippen molar-refractivity contribution in [3.05, 3.63) is 29.8 Å². The molecule has 142 valence electrons. The number of carbonyl (C=O) groups excluding carboxylic acids is 1. The van der Waals surface area contributed by atoms with Crippen LogP contribution >= 0.6 is 0 Å². The summed E-state index contributed by atoms with van der Waals surface area (Å²) in [5.41, 5.74) is 0.645. The molecule has 0 saturated heterocycles. The van der Waals surface area contributed by atoms with Gasteiger partial charge < -0.3 is 14.2 Å². The number of unbranched alkanes of at least 4 members (excludes halogenated alkanes) is 1. The van der Waals surface area contributed by atoms with Crippen LogP contribution < -0.4 is 0 Å². The molecule has 0 saturated carbocycles. The Labute approximate surface area is 149 Å². The summed E-state index contributed by atoms with van der Waals surface area (Å²) >= 11 is 0. The topological polar surface area (TPSA) is 88.1 Å². The summed E-state index contributed by atoms with van der Waals surface area (Å²) < 4.78 is 44.2. The van der Waals surface area contributed by atoms with E-state index in [0.717, 1.165) is 12.8 Å². The Morgan fingerprint density at radius 3 is 2.36 bits per heavy atom. The number of ether oxygens (including phenoxy) is 3. The molecule has 0 amide bonds. The van der Waals surface area contributed by atoms with E-state index in [-0.39, 0.29) is 30.7 Å². The zero-order valence-corrected chi connectivity index (χ0v) is 15.5. The highest BCUT2D eigenvalue weighted by Crippen LogP contribution is 2.16. The summed E-state index contributed by atoms with van der Waals surface area (Å²) in [6.07, 6.45) is 1.48. The number of rotatable bonds is 13. The quantitative estimate of drug-likeness (QED) is 0.297. The number of carbonyl (C=O) groups is 1. The molecule has 0 fully saturated rings. The smallest absolute Gasteiger partial charge is 0.332 e. The van der Waals surface area contributed by atoms with Gasteiger partial charge in [0, 0.05) is 13.2 Å². The number of hydrogen-bond donors (Lipinski definition) is 0. The third kappa shape index (κ3) is 8.97. The summed E-state index contributed by atoms with van der Waals surface area (Å²) in [6.45, 7) is 4.83. The lowest BCUT2D eigenvalue weighted by Gasteiger charge is -2.08. The Bertz CT molecular complexity index is 613. The van der Waals surface area contributed by atoms with Crippen molar-refractivity contribution in [3.8, 4) is 0 Å². The van der Waals surface area contributed by atoms with Crippen molar-refractivity contribution in [2.45, 2.75) is 31.6 Å². The van der Waals surface area contributed by atoms with Gasteiger partial charge in [-0.05, 0) is 38.3 Å². The number of hydrogen-bond acceptors (Lipinski definition) is 7. The first-order valence-electron chi connectivity index (χ1n) is 8.23. The van der Waals surface area contributed by atoms with Crippen LogP contribution in [0.4, 0.5) is 0 Å². The van der Waals surface area contributed by atoms with Crippen LogP contribution in [0.25, 0.3) is 0 Å². The Hall–Kier alpha value is -1.48. The van der Waals surface area contributed by atoms with Crippen LogP contribution in [-0.2, 0) is 33.3 Å². The van der Waals surface area contributed by atoms with Crippen molar-refractivity contribution < 1.29 is 31.6 Å². The van der Waals surface area contributed by atoms with E-state index in [2.05, 4.69) is 0 Å². The van der Waals surface area contributed by atoms with Crippen LogP contribution in [0.5, 0.6) is 0 Å². The second-order valence-electron chi connectivity index (χ2n) is 5.22. The molecular formula is C17H26O7S. The minimum Gasteiger partial charge on any atom is -0.464 e. The largest absolute Gasteiger partial charge is 0.464 e. The molecule has 1 rings (SSSR count). The van der Waals surface area contributed by atoms with E-state index in [0.29, 0.717) is 25.4 Å². The fourth-order valence-electron chi connectivity index (χ4n) is 1.97. The number of aryl methyl sites for hydroxylation is 1. The second kappa shape index (κ2) is 12.0. The van der Waals surface area contributed by atoms with Crippen LogP contribution in [0.1, 0.15) is 25.3 Å². The molecule has 25 heavy (non-hydrogen) atoms. The summed E-state index contributed by atoms with van der Waals surface area (Å²) in [6, 6.07) is 6.66. The van der Waals surface area contributed by atoms with E-state index >= 15 is 0 Å². The molecule has 8 heteroatoms. The minimum absolute atomic E-state index is 0.0317. The SMILES string of the molecule is CCOC(=O)COCCCCOCCOS(=O)(=O)c1ccccc1C. The number of esters is 1. The van der Waals surface area contributed by atoms with Crippen molar-refractivity contribution in [3.63, 3.8) is 0 Å². The van der Waals surface area contributed by atoms with Crippen molar-refractivity contribution in [2.24, 2.45) is 0 Å². The van der Waals surface area contributed by atoms with Gasteiger partial charge in [0.25, 0.3) is 10.1 Å². The molecule has 1 aromatic rings. The van der Waals surface area contributed by atoms with Crippen LogP contribution in [0, 0.1) is 6.92 Å². The Morgan fingerprint density at radius 1 is 1.00 bits per heavy atom. The van der Waals surface area contributed by atoms with Crippen molar-refractivity contribution >= 4 is 16.1 Å². The first-order chi connectivity index (χ1) is 12.0. The monoisotopic (exact) mass is 374 g/mol. The molecule has 0 aliphatic carbocycles. The summed E-state index contributed by atoms with van der Waals surface area (Å²) in [4.78, 5) is 11.2. The fourth-order valence-corrected chi connectivity index (χ4v) is 3.09. The molecule has 0 heterocycles. The van der Waals surface area contributed by atoms with Crippen LogP contribution in [-0.4, -0.2) is 54.0 Å². The summed E-state index contributed by atoms with van der Waals surface area (Å²) in [5.74, 6) is -0.370. The van der Waals surface area contributed by atoms with Gasteiger partial charge in [0.2, 0.25) is 0 Å². The summed E-state index contributed by atoms with van der Waals surface area (Å²) in [5, 5.41) is 0. The third-order valence-electron chi connectivity index (χ3n) is 3.18. The first-order valence-corrected chi connectivity index (χ1v) is 9.64. The standard InChI is InChI=1S/C17H26O7S/c1-3-23-17(18)14-22-11-7-6-10-21-12-13-24-25(19,20)16-9-5-4-8-15(16)2/h4-5,8-9H,3,6-7,10-14H2,1-2H3. The molecule has 0 aliphatic rings. The highest BCUT2D eigenvalue weighted by Gasteiger charge is 2.16. The van der Waals surface area contributed by atoms with Gasteiger partial charge in [0.1, 0.15) is 6.61 Å². The van der Waals surface area contributed by atoms with Crippen molar-refractivity contribution in [2.75, 3.05) is 39.6 Å². The van der Waals surface area contributed by atoms with Gasteiger partial charge in [-0.25, -0.2) is 4.79 Å². The molecule has 1 aromatic carbocycles. The lowest BCUT2D eigenvalue weighted by atomic mass is 10.2. The van der Waals surface area contributed by atoms with Crippen molar-refractivity contribution in [1.29, 1.82) is 0 Å². The maximum absolute atomic E-state index is 12.0. The molecule has 0 aliphatic heterocycles. The van der Waals surface area contributed by atoms with E-state index in [1.54, 1.807) is 32.0 Å². The zero-order chi connectivity index (χ0) is 18.5. The molecular weight excluding hydrogens is 348 g/mol. The molecule has 0 spiro atoms. The predicted octanol–water partition coefficient (Wildman–Crippen LogP) is 2.08.